The van der Waals surface area contributed by atoms with E-state index < -0.39 is 41.3 Å². The van der Waals surface area contributed by atoms with Gasteiger partial charge in [0, 0.05) is 54.4 Å². The maximum Gasteiger partial charge on any atom is 0.339 e. The second-order valence-electron chi connectivity index (χ2n) is 17.8. The first kappa shape index (κ1) is 42.9. The third-order valence-corrected chi connectivity index (χ3v) is 12.9. The molecular formula is C53H56O9. The van der Waals surface area contributed by atoms with Crippen LogP contribution >= 0.6 is 0 Å². The predicted molar refractivity (Wildman–Crippen MR) is 238 cm³/mol. The molecule has 0 fully saturated rings. The lowest BCUT2D eigenvalue weighted by atomic mass is 9.72. The zero-order valence-electron chi connectivity index (χ0n) is 36.2. The molecule has 1 N–H and O–H groups in total. The minimum Gasteiger partial charge on any atom is -0.483 e. The number of carbonyl (C=O) groups excluding carboxylic acids is 2. The number of esters is 2. The van der Waals surface area contributed by atoms with Crippen LogP contribution < -0.4 is 10.4 Å². The fourth-order valence-electron chi connectivity index (χ4n) is 9.61. The van der Waals surface area contributed by atoms with Crippen LogP contribution in [0.5, 0.6) is 5.75 Å². The molecule has 9 nitrogen and oxygen atoms in total. The molecule has 322 valence electrons. The number of hydrogen-bond donors (Lipinski definition) is 1. The van der Waals surface area contributed by atoms with Crippen LogP contribution in [0.25, 0.3) is 11.0 Å². The molecule has 4 heterocycles. The molecule has 6 unspecified atom stereocenters. The summed E-state index contributed by atoms with van der Waals surface area (Å²) in [6, 6.07) is 33.0. The molecule has 0 spiro atoms. The van der Waals surface area contributed by atoms with Crippen LogP contribution in [0, 0.1) is 5.92 Å². The van der Waals surface area contributed by atoms with Gasteiger partial charge in [0.1, 0.15) is 16.9 Å². The molecule has 0 radical (unpaired) electrons. The lowest BCUT2D eigenvalue weighted by molar-refractivity contribution is -0.188. The number of methoxy groups -OCH3 is 1. The molecule has 4 aromatic carbocycles. The zero-order valence-corrected chi connectivity index (χ0v) is 36.2. The summed E-state index contributed by atoms with van der Waals surface area (Å²) < 4.78 is 31.2. The Morgan fingerprint density at radius 3 is 2.37 bits per heavy atom. The van der Waals surface area contributed by atoms with Gasteiger partial charge in [-0.2, -0.15) is 0 Å². The number of allylic oxidation sites excluding steroid dienone is 3. The number of rotatable bonds is 8. The van der Waals surface area contributed by atoms with E-state index in [2.05, 4.69) is 84.9 Å². The van der Waals surface area contributed by atoms with Crippen LogP contribution in [0.2, 0.25) is 0 Å². The molecule has 9 rings (SSSR count). The summed E-state index contributed by atoms with van der Waals surface area (Å²) in [6.07, 6.45) is 5.25. The largest absolute Gasteiger partial charge is 0.483 e. The third kappa shape index (κ3) is 9.06. The highest BCUT2D eigenvalue weighted by molar-refractivity contribution is 5.90. The molecule has 9 heteroatoms. The number of ether oxygens (including phenoxy) is 4. The Morgan fingerprint density at radius 1 is 0.855 bits per heavy atom. The van der Waals surface area contributed by atoms with Crippen molar-refractivity contribution >= 4 is 22.9 Å². The van der Waals surface area contributed by atoms with E-state index in [-0.39, 0.29) is 43.0 Å². The second kappa shape index (κ2) is 18.3. The van der Waals surface area contributed by atoms with Crippen molar-refractivity contribution in [3.05, 3.63) is 170 Å². The maximum absolute atomic E-state index is 14.7. The number of benzene rings is 4. The average molecular weight is 837 g/mol. The average Bonchev–Trinajstić information content (AvgIpc) is 3.24. The van der Waals surface area contributed by atoms with Crippen LogP contribution in [0.1, 0.15) is 116 Å². The van der Waals surface area contributed by atoms with Crippen molar-refractivity contribution in [1.82, 2.24) is 0 Å². The fourth-order valence-corrected chi connectivity index (χ4v) is 9.61. The quantitative estimate of drug-likeness (QED) is 0.0705. The minimum atomic E-state index is -1.18. The Bertz CT molecular complexity index is 2540. The van der Waals surface area contributed by atoms with Gasteiger partial charge in [-0.1, -0.05) is 96.6 Å². The van der Waals surface area contributed by atoms with Crippen molar-refractivity contribution in [2.75, 3.05) is 20.3 Å². The summed E-state index contributed by atoms with van der Waals surface area (Å²) >= 11 is 0. The zero-order chi connectivity index (χ0) is 43.5. The maximum atomic E-state index is 14.7. The molecule has 3 aliphatic heterocycles. The van der Waals surface area contributed by atoms with Crippen LogP contribution in [-0.4, -0.2) is 49.1 Å². The van der Waals surface area contributed by atoms with Crippen LogP contribution in [0.4, 0.5) is 0 Å². The minimum absolute atomic E-state index is 0.0510. The summed E-state index contributed by atoms with van der Waals surface area (Å²) in [6.45, 7) is 7.48. The summed E-state index contributed by atoms with van der Waals surface area (Å²) in [5, 5.41) is 10.3. The number of aliphatic hydroxyl groups is 1. The highest BCUT2D eigenvalue weighted by Crippen LogP contribution is 2.48. The Labute approximate surface area is 363 Å². The van der Waals surface area contributed by atoms with Gasteiger partial charge in [0.15, 0.2) is 12.2 Å². The van der Waals surface area contributed by atoms with Crippen LogP contribution in [0.3, 0.4) is 0 Å². The monoisotopic (exact) mass is 836 g/mol. The van der Waals surface area contributed by atoms with Gasteiger partial charge in [-0.05, 0) is 112 Å². The molecule has 6 atom stereocenters. The van der Waals surface area contributed by atoms with E-state index in [1.165, 1.54) is 16.7 Å². The van der Waals surface area contributed by atoms with Crippen molar-refractivity contribution in [2.45, 2.75) is 102 Å². The summed E-state index contributed by atoms with van der Waals surface area (Å²) in [4.78, 5) is 42.8. The number of aryl methyl sites for hydroxylation is 1. The molecular weight excluding hydrogens is 781 g/mol. The molecule has 1 aromatic heterocycles. The first-order chi connectivity index (χ1) is 29.9. The molecule has 62 heavy (non-hydrogen) atoms. The molecule has 1 aliphatic carbocycles. The van der Waals surface area contributed by atoms with E-state index in [4.69, 9.17) is 23.4 Å². The standard InChI is InChI=1S/C53H56O9/c1-32(2)42-21-16-33-14-17-36(18-15-33)43-22-19-38(37-13-9-12-35(27-37)26-34-10-7-6-8-11-34)28-41(43)30-46(55)59-49-47-45(62-53(3,4)50(49)61-51(42)56)23-20-39-29-44(52(57)60-48(39)47)40(24-25-54)31-58-5/h6-15,17-20,22-23,27,29,38,40-41,43,49-50,54H,16,21,24-26,28,30-31H2,1-5H3. The Balaban J connectivity index is 1.20. The molecule has 2 bridgehead atoms. The van der Waals surface area contributed by atoms with Crippen LogP contribution in [-0.2, 0) is 36.6 Å². The highest BCUT2D eigenvalue weighted by atomic mass is 16.6. The van der Waals surface area contributed by atoms with Crippen LogP contribution in [0.15, 0.2) is 130 Å². The van der Waals surface area contributed by atoms with Gasteiger partial charge in [0.05, 0.1) is 12.2 Å². The van der Waals surface area contributed by atoms with Crippen molar-refractivity contribution in [2.24, 2.45) is 5.92 Å². The molecule has 4 aliphatic rings. The van der Waals surface area contributed by atoms with Gasteiger partial charge in [0.2, 0.25) is 0 Å². The van der Waals surface area contributed by atoms with E-state index >= 15 is 0 Å². The lowest BCUT2D eigenvalue weighted by Gasteiger charge is -2.43. The van der Waals surface area contributed by atoms with Gasteiger partial charge in [-0.15, -0.1) is 0 Å². The van der Waals surface area contributed by atoms with Crippen molar-refractivity contribution < 1.29 is 38.1 Å². The highest BCUT2D eigenvalue weighted by Gasteiger charge is 2.51. The number of fused-ring (bicyclic) bond motifs is 11. The molecule has 5 aromatic rings. The SMILES string of the molecule is COCC(CCO)c1cc2ccc3c(c2oc1=O)C1OC(=O)CC2CC(c4cccc(Cc5ccccc5)c4)C=CC2c2ccc(cc2)CCC(=C(C)C)C(=O)OC1C(C)(C)O3. The molecule has 0 saturated heterocycles. The number of aliphatic hydroxyl groups excluding tert-OH is 1. The van der Waals surface area contributed by atoms with Gasteiger partial charge in [-0.3, -0.25) is 4.79 Å². The fraction of sp³-hybridized carbons (Fsp3) is 0.377. The first-order valence-corrected chi connectivity index (χ1v) is 21.8. The van der Waals surface area contributed by atoms with Gasteiger partial charge in [-0.25, -0.2) is 9.59 Å². The third-order valence-electron chi connectivity index (χ3n) is 12.9. The van der Waals surface area contributed by atoms with E-state index in [1.54, 1.807) is 25.3 Å². The number of hydrogen-bond acceptors (Lipinski definition) is 9. The van der Waals surface area contributed by atoms with E-state index in [1.807, 2.05) is 33.8 Å². The van der Waals surface area contributed by atoms with E-state index in [9.17, 15) is 19.5 Å². The number of carbonyl (C=O) groups is 2. The Kier molecular flexibility index (Phi) is 12.7. The van der Waals surface area contributed by atoms with Gasteiger partial charge < -0.3 is 28.5 Å². The predicted octanol–water partition coefficient (Wildman–Crippen LogP) is 9.98. The Hall–Kier alpha value is -5.77. The normalized spacial score (nSPS) is 22.7. The smallest absolute Gasteiger partial charge is 0.339 e. The Morgan fingerprint density at radius 2 is 1.63 bits per heavy atom. The van der Waals surface area contributed by atoms with E-state index in [0.717, 1.165) is 23.1 Å². The summed E-state index contributed by atoms with van der Waals surface area (Å²) in [7, 11) is 1.54. The summed E-state index contributed by atoms with van der Waals surface area (Å²) in [5.41, 5.74) is 6.32. The first-order valence-electron chi connectivity index (χ1n) is 21.8. The van der Waals surface area contributed by atoms with Crippen molar-refractivity contribution in [3.63, 3.8) is 0 Å². The summed E-state index contributed by atoms with van der Waals surface area (Å²) in [5.74, 6) is -1.14. The van der Waals surface area contributed by atoms with E-state index in [0.29, 0.717) is 53.5 Å². The topological polar surface area (TPSA) is 122 Å². The van der Waals surface area contributed by atoms with Gasteiger partial charge in [0.25, 0.3) is 0 Å². The lowest BCUT2D eigenvalue weighted by Crippen LogP contribution is -2.52. The van der Waals surface area contributed by atoms with Crippen molar-refractivity contribution in [1.29, 1.82) is 0 Å². The second-order valence-corrected chi connectivity index (χ2v) is 17.8. The van der Waals surface area contributed by atoms with Crippen molar-refractivity contribution in [3.8, 4) is 5.75 Å². The molecule has 0 amide bonds. The molecule has 0 saturated carbocycles. The van der Waals surface area contributed by atoms with Gasteiger partial charge >= 0.3 is 17.6 Å².